The predicted octanol–water partition coefficient (Wildman–Crippen LogP) is 4.11. The Morgan fingerprint density at radius 1 is 1.19 bits per heavy atom. The molecule has 21 heavy (non-hydrogen) atoms. The van der Waals surface area contributed by atoms with E-state index < -0.39 is 0 Å². The standard InChI is InChI=1S/C18H27N3/c1-18(2,3)19-12-16-15-10-6-7-11-17(15)21(20-16)13-14-8-4-5-9-14/h6-7,10-11,14,19H,4-5,8-9,12-13H2,1-3H3. The van der Waals surface area contributed by atoms with E-state index in [1.165, 1.54) is 42.3 Å². The number of aromatic nitrogens is 2. The Morgan fingerprint density at radius 3 is 2.62 bits per heavy atom. The average Bonchev–Trinajstić information content (AvgIpc) is 3.05. The molecule has 1 aromatic heterocycles. The molecule has 1 aliphatic carbocycles. The molecular formula is C18H27N3. The van der Waals surface area contributed by atoms with Gasteiger partial charge in [-0.3, -0.25) is 4.68 Å². The second-order valence-corrected chi connectivity index (χ2v) is 7.40. The van der Waals surface area contributed by atoms with Crippen LogP contribution in [0.25, 0.3) is 10.9 Å². The largest absolute Gasteiger partial charge is 0.306 e. The van der Waals surface area contributed by atoms with Crippen LogP contribution >= 0.6 is 0 Å². The number of rotatable bonds is 4. The van der Waals surface area contributed by atoms with Crippen LogP contribution in [0.5, 0.6) is 0 Å². The third kappa shape index (κ3) is 3.46. The summed E-state index contributed by atoms with van der Waals surface area (Å²) >= 11 is 0. The fourth-order valence-corrected chi connectivity index (χ4v) is 3.25. The Labute approximate surface area is 127 Å². The molecule has 3 heteroatoms. The van der Waals surface area contributed by atoms with Crippen LogP contribution in [0.3, 0.4) is 0 Å². The van der Waals surface area contributed by atoms with Gasteiger partial charge in [-0.25, -0.2) is 0 Å². The van der Waals surface area contributed by atoms with Crippen molar-refractivity contribution in [1.82, 2.24) is 15.1 Å². The maximum absolute atomic E-state index is 4.91. The lowest BCUT2D eigenvalue weighted by Crippen LogP contribution is -2.35. The average molecular weight is 285 g/mol. The van der Waals surface area contributed by atoms with Gasteiger partial charge >= 0.3 is 0 Å². The van der Waals surface area contributed by atoms with Crippen LogP contribution in [0, 0.1) is 5.92 Å². The number of fused-ring (bicyclic) bond motifs is 1. The van der Waals surface area contributed by atoms with Gasteiger partial charge in [0.05, 0.1) is 11.2 Å². The zero-order chi connectivity index (χ0) is 14.9. The minimum Gasteiger partial charge on any atom is -0.306 e. The molecule has 0 aliphatic heterocycles. The van der Waals surface area contributed by atoms with Crippen molar-refractivity contribution >= 4 is 10.9 Å². The maximum atomic E-state index is 4.91. The summed E-state index contributed by atoms with van der Waals surface area (Å²) in [5.74, 6) is 0.816. The molecule has 1 aliphatic rings. The van der Waals surface area contributed by atoms with Gasteiger partial charge in [0, 0.05) is 24.0 Å². The summed E-state index contributed by atoms with van der Waals surface area (Å²) in [5, 5.41) is 9.77. The minimum absolute atomic E-state index is 0.121. The lowest BCUT2D eigenvalue weighted by Gasteiger charge is -2.19. The number of nitrogens with one attached hydrogen (secondary N) is 1. The van der Waals surface area contributed by atoms with Crippen molar-refractivity contribution in [3.8, 4) is 0 Å². The van der Waals surface area contributed by atoms with Gasteiger partial charge in [0.15, 0.2) is 0 Å². The van der Waals surface area contributed by atoms with Crippen LogP contribution in [0.15, 0.2) is 24.3 Å². The van der Waals surface area contributed by atoms with Gasteiger partial charge in [-0.15, -0.1) is 0 Å². The molecule has 2 aromatic rings. The monoisotopic (exact) mass is 285 g/mol. The van der Waals surface area contributed by atoms with Crippen LogP contribution in [0.2, 0.25) is 0 Å². The van der Waals surface area contributed by atoms with E-state index in [1.54, 1.807) is 0 Å². The van der Waals surface area contributed by atoms with Gasteiger partial charge in [0.1, 0.15) is 0 Å². The highest BCUT2D eigenvalue weighted by Gasteiger charge is 2.19. The lowest BCUT2D eigenvalue weighted by atomic mass is 10.1. The second-order valence-electron chi connectivity index (χ2n) is 7.40. The molecular weight excluding hydrogens is 258 g/mol. The normalized spacial score (nSPS) is 16.9. The number of para-hydroxylation sites is 1. The quantitative estimate of drug-likeness (QED) is 0.916. The first-order valence-corrected chi connectivity index (χ1v) is 8.22. The molecule has 3 rings (SSSR count). The molecule has 0 saturated heterocycles. The molecule has 1 aromatic carbocycles. The Hall–Kier alpha value is -1.35. The van der Waals surface area contributed by atoms with Crippen molar-refractivity contribution in [3.63, 3.8) is 0 Å². The summed E-state index contributed by atoms with van der Waals surface area (Å²) in [6.45, 7) is 8.51. The molecule has 0 bridgehead atoms. The van der Waals surface area contributed by atoms with Gasteiger partial charge in [0.25, 0.3) is 0 Å². The van der Waals surface area contributed by atoms with Crippen molar-refractivity contribution in [2.75, 3.05) is 0 Å². The highest BCUT2D eigenvalue weighted by molar-refractivity contribution is 5.81. The maximum Gasteiger partial charge on any atom is 0.0841 e. The summed E-state index contributed by atoms with van der Waals surface area (Å²) in [7, 11) is 0. The molecule has 0 spiro atoms. The minimum atomic E-state index is 0.121. The van der Waals surface area contributed by atoms with Crippen LogP contribution < -0.4 is 5.32 Å². The Balaban J connectivity index is 1.86. The van der Waals surface area contributed by atoms with E-state index in [1.807, 2.05) is 0 Å². The Morgan fingerprint density at radius 2 is 1.90 bits per heavy atom. The van der Waals surface area contributed by atoms with Crippen LogP contribution in [0.1, 0.15) is 52.1 Å². The lowest BCUT2D eigenvalue weighted by molar-refractivity contribution is 0.411. The summed E-state index contributed by atoms with van der Waals surface area (Å²) in [4.78, 5) is 0. The highest BCUT2D eigenvalue weighted by Crippen LogP contribution is 2.28. The van der Waals surface area contributed by atoms with E-state index in [-0.39, 0.29) is 5.54 Å². The Bertz CT molecular complexity index is 600. The number of nitrogens with zero attached hydrogens (tertiary/aromatic N) is 2. The highest BCUT2D eigenvalue weighted by atomic mass is 15.3. The first-order valence-electron chi connectivity index (χ1n) is 8.22. The van der Waals surface area contributed by atoms with E-state index in [9.17, 15) is 0 Å². The molecule has 0 unspecified atom stereocenters. The van der Waals surface area contributed by atoms with Gasteiger partial charge in [-0.1, -0.05) is 31.0 Å². The summed E-state index contributed by atoms with van der Waals surface area (Å²) in [6, 6.07) is 8.64. The molecule has 114 valence electrons. The van der Waals surface area contributed by atoms with Crippen molar-refractivity contribution in [3.05, 3.63) is 30.0 Å². The molecule has 1 saturated carbocycles. The smallest absolute Gasteiger partial charge is 0.0841 e. The molecule has 1 N–H and O–H groups in total. The second kappa shape index (κ2) is 5.80. The third-order valence-electron chi connectivity index (χ3n) is 4.43. The molecule has 1 fully saturated rings. The number of hydrogen-bond acceptors (Lipinski definition) is 2. The van der Waals surface area contributed by atoms with E-state index >= 15 is 0 Å². The predicted molar refractivity (Wildman–Crippen MR) is 88.3 cm³/mol. The SMILES string of the molecule is CC(C)(C)NCc1nn(CC2CCCC2)c2ccccc12. The van der Waals surface area contributed by atoms with E-state index in [0.29, 0.717) is 0 Å². The van der Waals surface area contributed by atoms with Crippen molar-refractivity contribution < 1.29 is 0 Å². The number of hydrogen-bond donors (Lipinski definition) is 1. The molecule has 0 radical (unpaired) electrons. The third-order valence-corrected chi connectivity index (χ3v) is 4.43. The molecule has 3 nitrogen and oxygen atoms in total. The van der Waals surface area contributed by atoms with Crippen LogP contribution in [-0.4, -0.2) is 15.3 Å². The molecule has 0 amide bonds. The van der Waals surface area contributed by atoms with Gasteiger partial charge < -0.3 is 5.32 Å². The summed E-state index contributed by atoms with van der Waals surface area (Å²) in [5.41, 5.74) is 2.59. The van der Waals surface area contributed by atoms with E-state index in [2.05, 4.69) is 55.0 Å². The van der Waals surface area contributed by atoms with Crippen molar-refractivity contribution in [1.29, 1.82) is 0 Å². The fourth-order valence-electron chi connectivity index (χ4n) is 3.25. The zero-order valence-electron chi connectivity index (χ0n) is 13.5. The summed E-state index contributed by atoms with van der Waals surface area (Å²) < 4.78 is 2.24. The van der Waals surface area contributed by atoms with Crippen molar-refractivity contribution in [2.45, 2.75) is 65.1 Å². The fraction of sp³-hybridized carbons (Fsp3) is 0.611. The molecule has 0 atom stereocenters. The molecule has 1 heterocycles. The zero-order valence-corrected chi connectivity index (χ0v) is 13.5. The van der Waals surface area contributed by atoms with Gasteiger partial charge in [-0.2, -0.15) is 5.10 Å². The first kappa shape index (κ1) is 14.6. The summed E-state index contributed by atoms with van der Waals surface area (Å²) in [6.07, 6.45) is 5.51. The van der Waals surface area contributed by atoms with E-state index in [0.717, 1.165) is 19.0 Å². The number of benzene rings is 1. The topological polar surface area (TPSA) is 29.9 Å². The van der Waals surface area contributed by atoms with E-state index in [4.69, 9.17) is 5.10 Å². The van der Waals surface area contributed by atoms with Gasteiger partial charge in [-0.05, 0) is 45.6 Å². The van der Waals surface area contributed by atoms with Gasteiger partial charge in [0.2, 0.25) is 0 Å². The van der Waals surface area contributed by atoms with Crippen LogP contribution in [-0.2, 0) is 13.1 Å². The van der Waals surface area contributed by atoms with Crippen LogP contribution in [0.4, 0.5) is 0 Å². The first-order chi connectivity index (χ1) is 10.0. The van der Waals surface area contributed by atoms with Crippen molar-refractivity contribution in [2.24, 2.45) is 5.92 Å². The Kier molecular flexibility index (Phi) is 4.03.